The zero-order chi connectivity index (χ0) is 17.7. The maximum Gasteiger partial charge on any atom is 0.205 e. The summed E-state index contributed by atoms with van der Waals surface area (Å²) >= 11 is 0. The number of hydrogen-bond acceptors (Lipinski definition) is 7. The van der Waals surface area contributed by atoms with Gasteiger partial charge in [0.2, 0.25) is 5.79 Å². The van der Waals surface area contributed by atoms with Crippen molar-refractivity contribution in [3.05, 3.63) is 48.6 Å². The van der Waals surface area contributed by atoms with Crippen LogP contribution in [0.1, 0.15) is 5.56 Å². The zero-order valence-corrected chi connectivity index (χ0v) is 13.1. The number of nitrogens with zero attached hydrogens (tertiary/aromatic N) is 1. The molecule has 0 aliphatic heterocycles. The van der Waals surface area contributed by atoms with Gasteiger partial charge in [-0.05, 0) is 12.6 Å². The first-order chi connectivity index (χ1) is 10.7. The summed E-state index contributed by atoms with van der Waals surface area (Å²) in [6.07, 6.45) is -3.30. The lowest BCUT2D eigenvalue weighted by Gasteiger charge is -2.38. The van der Waals surface area contributed by atoms with Crippen molar-refractivity contribution < 1.29 is 30.6 Å². The summed E-state index contributed by atoms with van der Waals surface area (Å²) in [5.74, 6) is -2.70. The smallest absolute Gasteiger partial charge is 0.205 e. The van der Waals surface area contributed by atoms with Crippen molar-refractivity contribution >= 4 is 0 Å². The van der Waals surface area contributed by atoms with Crippen LogP contribution in [0.15, 0.2) is 43.0 Å². The first-order valence-electron chi connectivity index (χ1n) is 7.16. The van der Waals surface area contributed by atoms with Crippen molar-refractivity contribution in [3.63, 3.8) is 0 Å². The van der Waals surface area contributed by atoms with Gasteiger partial charge in [-0.1, -0.05) is 36.4 Å². The van der Waals surface area contributed by atoms with Crippen molar-refractivity contribution in [1.82, 2.24) is 4.90 Å². The fraction of sp³-hybridized carbons (Fsp3) is 0.500. The van der Waals surface area contributed by atoms with Gasteiger partial charge in [0, 0.05) is 6.54 Å². The summed E-state index contributed by atoms with van der Waals surface area (Å²) < 4.78 is 0. The normalized spacial score (nSPS) is 17.6. The minimum atomic E-state index is -2.70. The molecule has 3 atom stereocenters. The van der Waals surface area contributed by atoms with Gasteiger partial charge in [-0.25, -0.2) is 0 Å². The fourth-order valence-corrected chi connectivity index (χ4v) is 2.25. The molecule has 23 heavy (non-hydrogen) atoms. The lowest BCUT2D eigenvalue weighted by atomic mass is 9.89. The van der Waals surface area contributed by atoms with Crippen LogP contribution in [-0.2, 0) is 6.54 Å². The monoisotopic (exact) mass is 327 g/mol. The topological polar surface area (TPSA) is 125 Å². The van der Waals surface area contributed by atoms with E-state index >= 15 is 0 Å². The highest BCUT2D eigenvalue weighted by Crippen LogP contribution is 2.22. The number of rotatable bonds is 9. The van der Waals surface area contributed by atoms with Crippen molar-refractivity contribution in [2.75, 3.05) is 20.2 Å². The summed E-state index contributed by atoms with van der Waals surface area (Å²) in [6, 6.07) is 9.27. The molecule has 0 amide bonds. The predicted molar refractivity (Wildman–Crippen MR) is 84.2 cm³/mol. The van der Waals surface area contributed by atoms with E-state index in [1.807, 2.05) is 30.3 Å². The van der Waals surface area contributed by atoms with Crippen molar-refractivity contribution in [1.29, 1.82) is 0 Å². The van der Waals surface area contributed by atoms with Crippen LogP contribution in [0.4, 0.5) is 0 Å². The van der Waals surface area contributed by atoms with E-state index in [1.54, 1.807) is 7.05 Å². The Morgan fingerprint density at radius 1 is 1.13 bits per heavy atom. The molecular formula is C16H25NO6. The maximum absolute atomic E-state index is 10.0. The van der Waals surface area contributed by atoms with Gasteiger partial charge in [-0.15, -0.1) is 6.58 Å². The molecule has 0 radical (unpaired) electrons. The molecule has 0 bridgehead atoms. The Morgan fingerprint density at radius 2 is 1.70 bits per heavy atom. The van der Waals surface area contributed by atoms with Gasteiger partial charge in [0.1, 0.15) is 17.8 Å². The molecule has 0 spiro atoms. The number of aliphatic hydroxyl groups is 6. The molecule has 0 saturated carbocycles. The predicted octanol–water partition coefficient (Wildman–Crippen LogP) is -1.57. The molecule has 130 valence electrons. The highest BCUT2D eigenvalue weighted by Gasteiger charge is 2.47. The van der Waals surface area contributed by atoms with Crippen LogP contribution >= 0.6 is 0 Å². The maximum atomic E-state index is 10.0. The zero-order valence-electron chi connectivity index (χ0n) is 13.1. The van der Waals surface area contributed by atoms with E-state index in [9.17, 15) is 25.5 Å². The third-order valence-corrected chi connectivity index (χ3v) is 3.69. The van der Waals surface area contributed by atoms with E-state index in [1.165, 1.54) is 4.90 Å². The van der Waals surface area contributed by atoms with Gasteiger partial charge < -0.3 is 30.6 Å². The van der Waals surface area contributed by atoms with E-state index < -0.39 is 36.7 Å². The third-order valence-electron chi connectivity index (χ3n) is 3.69. The summed E-state index contributed by atoms with van der Waals surface area (Å²) in [5, 5.41) is 58.9. The Morgan fingerprint density at radius 3 is 2.17 bits per heavy atom. The molecule has 0 unspecified atom stereocenters. The molecule has 0 aliphatic rings. The van der Waals surface area contributed by atoms with Crippen LogP contribution in [0.25, 0.3) is 0 Å². The van der Waals surface area contributed by atoms with Crippen LogP contribution in [-0.4, -0.2) is 79.3 Å². The van der Waals surface area contributed by atoms with Crippen LogP contribution in [0.2, 0.25) is 0 Å². The van der Waals surface area contributed by atoms with Gasteiger partial charge in [0.05, 0.1) is 13.2 Å². The molecular weight excluding hydrogens is 302 g/mol. The standard InChI is InChI=1S/C16H25NO6/c1-3-15(21,11-18)13(19)14(20)16(22,23)10-17(2)9-12-7-5-4-6-8-12/h3-8,13-14,18-23H,1,9-11H2,2H3/t13-,14-,15+/m0/s1. The second-order valence-electron chi connectivity index (χ2n) is 5.78. The van der Waals surface area contributed by atoms with Gasteiger partial charge in [-0.2, -0.15) is 0 Å². The second-order valence-corrected chi connectivity index (χ2v) is 5.78. The average Bonchev–Trinajstić information content (AvgIpc) is 2.52. The summed E-state index contributed by atoms with van der Waals surface area (Å²) in [7, 11) is 1.61. The number of aliphatic hydroxyl groups excluding tert-OH is 3. The third kappa shape index (κ3) is 5.08. The van der Waals surface area contributed by atoms with Crippen LogP contribution in [0.3, 0.4) is 0 Å². The minimum Gasteiger partial charge on any atom is -0.393 e. The molecule has 6 N–H and O–H groups in total. The first-order valence-corrected chi connectivity index (χ1v) is 7.16. The first kappa shape index (κ1) is 19.7. The van der Waals surface area contributed by atoms with E-state index in [4.69, 9.17) is 5.11 Å². The Hall–Kier alpha value is -1.32. The average molecular weight is 327 g/mol. The largest absolute Gasteiger partial charge is 0.393 e. The molecule has 0 saturated heterocycles. The van der Waals surface area contributed by atoms with Crippen molar-refractivity contribution in [3.8, 4) is 0 Å². The molecule has 0 aliphatic carbocycles. The van der Waals surface area contributed by atoms with Crippen molar-refractivity contribution in [2.45, 2.75) is 30.1 Å². The molecule has 7 heteroatoms. The molecule has 0 aromatic heterocycles. The highest BCUT2D eigenvalue weighted by molar-refractivity contribution is 5.14. The molecule has 0 heterocycles. The fourth-order valence-electron chi connectivity index (χ4n) is 2.25. The van der Waals surface area contributed by atoms with E-state index in [0.29, 0.717) is 6.54 Å². The molecule has 7 nitrogen and oxygen atoms in total. The molecule has 1 rings (SSSR count). The van der Waals surface area contributed by atoms with E-state index in [2.05, 4.69) is 6.58 Å². The number of hydrogen-bond donors (Lipinski definition) is 6. The van der Waals surface area contributed by atoms with Gasteiger partial charge in [0.25, 0.3) is 0 Å². The number of benzene rings is 1. The Balaban J connectivity index is 2.75. The summed E-state index contributed by atoms with van der Waals surface area (Å²) in [6.45, 7) is 2.32. The van der Waals surface area contributed by atoms with Crippen LogP contribution in [0.5, 0.6) is 0 Å². The van der Waals surface area contributed by atoms with Gasteiger partial charge in [0.15, 0.2) is 0 Å². The second kappa shape index (κ2) is 7.98. The summed E-state index contributed by atoms with van der Waals surface area (Å²) in [5.41, 5.74) is -1.31. The Labute approximate surface area is 135 Å². The lowest BCUT2D eigenvalue weighted by molar-refractivity contribution is -0.271. The number of likely N-dealkylation sites (N-methyl/N-ethyl adjacent to an activating group) is 1. The molecule has 1 aromatic rings. The van der Waals surface area contributed by atoms with E-state index in [-0.39, 0.29) is 0 Å². The van der Waals surface area contributed by atoms with Crippen LogP contribution < -0.4 is 0 Å². The SMILES string of the molecule is C=C[C@@](O)(CO)[C@@H](O)[C@H](O)C(O)(O)CN(C)Cc1ccccc1. The van der Waals surface area contributed by atoms with Crippen LogP contribution in [0, 0.1) is 0 Å². The Bertz CT molecular complexity index is 495. The van der Waals surface area contributed by atoms with Gasteiger partial charge >= 0.3 is 0 Å². The molecule has 1 aromatic carbocycles. The Kier molecular flexibility index (Phi) is 6.84. The molecule has 0 fully saturated rings. The quantitative estimate of drug-likeness (QED) is 0.239. The van der Waals surface area contributed by atoms with E-state index in [0.717, 1.165) is 11.6 Å². The summed E-state index contributed by atoms with van der Waals surface area (Å²) in [4.78, 5) is 1.54. The lowest BCUT2D eigenvalue weighted by Crippen LogP contribution is -2.61. The highest BCUT2D eigenvalue weighted by atomic mass is 16.5. The van der Waals surface area contributed by atoms with Crippen molar-refractivity contribution in [2.24, 2.45) is 0 Å². The van der Waals surface area contributed by atoms with Gasteiger partial charge in [-0.3, -0.25) is 4.90 Å². The minimum absolute atomic E-state index is 0.387.